The molecule has 0 saturated carbocycles. The predicted molar refractivity (Wildman–Crippen MR) is 113 cm³/mol. The van der Waals surface area contributed by atoms with E-state index in [2.05, 4.69) is 15.0 Å². The number of nitrogen functional groups attached to an aromatic ring is 2. The van der Waals surface area contributed by atoms with Crippen molar-refractivity contribution in [2.45, 2.75) is 39.3 Å². The third kappa shape index (κ3) is 3.93. The Bertz CT molecular complexity index is 1370. The van der Waals surface area contributed by atoms with E-state index in [-0.39, 0.29) is 24.4 Å². The van der Waals surface area contributed by atoms with Gasteiger partial charge in [-0.3, -0.25) is 14.3 Å². The fourth-order valence-electron chi connectivity index (χ4n) is 3.54. The standard InChI is InChI=1S/C20H22FN7O3/c1-2-6-28-19(29)17-18(26-20(28)30)27(7-5-11-3-4-12(22)8-13(11)23)15(25-17)9-16-24-10-14(21)31-16/h3-4,8,10H,2,5-7,9,22-23H2,1H3,(H,26,30). The Morgan fingerprint density at radius 2 is 2.00 bits per heavy atom. The summed E-state index contributed by atoms with van der Waals surface area (Å²) in [6.45, 7) is 2.50. The minimum Gasteiger partial charge on any atom is -0.415 e. The number of fused-ring (bicyclic) bond motifs is 1. The number of aromatic nitrogens is 5. The largest absolute Gasteiger partial charge is 0.415 e. The molecule has 0 aliphatic carbocycles. The first-order valence-electron chi connectivity index (χ1n) is 9.83. The first-order valence-corrected chi connectivity index (χ1v) is 9.83. The number of benzene rings is 1. The molecule has 0 unspecified atom stereocenters. The highest BCUT2D eigenvalue weighted by atomic mass is 19.1. The van der Waals surface area contributed by atoms with E-state index in [0.717, 1.165) is 16.3 Å². The van der Waals surface area contributed by atoms with Crippen LogP contribution in [0, 0.1) is 6.01 Å². The summed E-state index contributed by atoms with van der Waals surface area (Å²) in [4.78, 5) is 36.4. The topological polar surface area (TPSA) is 151 Å². The van der Waals surface area contributed by atoms with E-state index in [1.165, 1.54) is 0 Å². The molecule has 0 radical (unpaired) electrons. The van der Waals surface area contributed by atoms with Crippen LogP contribution in [-0.2, 0) is 25.9 Å². The van der Waals surface area contributed by atoms with Gasteiger partial charge in [-0.1, -0.05) is 13.0 Å². The summed E-state index contributed by atoms with van der Waals surface area (Å²) in [7, 11) is 0. The van der Waals surface area contributed by atoms with Crippen molar-refractivity contribution in [1.82, 2.24) is 24.1 Å². The molecule has 162 valence electrons. The maximum absolute atomic E-state index is 13.3. The van der Waals surface area contributed by atoms with Gasteiger partial charge >= 0.3 is 5.69 Å². The van der Waals surface area contributed by atoms with Crippen LogP contribution in [-0.4, -0.2) is 24.1 Å². The molecular weight excluding hydrogens is 405 g/mol. The van der Waals surface area contributed by atoms with E-state index in [1.54, 1.807) is 16.7 Å². The van der Waals surface area contributed by atoms with Crippen molar-refractivity contribution >= 4 is 22.5 Å². The van der Waals surface area contributed by atoms with E-state index >= 15 is 0 Å². The summed E-state index contributed by atoms with van der Waals surface area (Å²) in [6, 6.07) is 4.43. The molecule has 4 rings (SSSR count). The molecule has 10 nitrogen and oxygen atoms in total. The highest BCUT2D eigenvalue weighted by Crippen LogP contribution is 2.19. The minimum absolute atomic E-state index is 0.0467. The SMILES string of the molecule is CCCn1c(=O)[nH]c2c(nc(Cc3ncc(F)o3)n2CCc2ccc(N)cc2N)c1=O. The molecule has 1 aromatic carbocycles. The number of hydrogen-bond acceptors (Lipinski definition) is 7. The molecule has 0 aliphatic rings. The quantitative estimate of drug-likeness (QED) is 0.377. The number of hydrogen-bond donors (Lipinski definition) is 3. The van der Waals surface area contributed by atoms with Crippen LogP contribution in [0.5, 0.6) is 0 Å². The molecule has 0 amide bonds. The smallest absolute Gasteiger partial charge is 0.330 e. The van der Waals surface area contributed by atoms with E-state index < -0.39 is 17.3 Å². The molecule has 11 heteroatoms. The lowest BCUT2D eigenvalue weighted by Crippen LogP contribution is -2.35. The third-order valence-electron chi connectivity index (χ3n) is 5.02. The number of nitrogens with two attached hydrogens (primary N) is 2. The maximum atomic E-state index is 13.3. The number of nitrogens with zero attached hydrogens (tertiary/aromatic N) is 4. The molecule has 0 bridgehead atoms. The number of imidazole rings is 1. The molecule has 3 heterocycles. The molecule has 3 aromatic heterocycles. The van der Waals surface area contributed by atoms with Crippen molar-refractivity contribution in [1.29, 1.82) is 0 Å². The molecule has 5 N–H and O–H groups in total. The van der Waals surface area contributed by atoms with E-state index in [0.29, 0.717) is 42.2 Å². The van der Waals surface area contributed by atoms with Crippen molar-refractivity contribution in [2.75, 3.05) is 11.5 Å². The second-order valence-electron chi connectivity index (χ2n) is 7.21. The highest BCUT2D eigenvalue weighted by molar-refractivity contribution is 5.70. The van der Waals surface area contributed by atoms with Crippen molar-refractivity contribution in [3.63, 3.8) is 0 Å². The van der Waals surface area contributed by atoms with Gasteiger partial charge in [0.15, 0.2) is 5.52 Å². The van der Waals surface area contributed by atoms with Crippen LogP contribution in [0.3, 0.4) is 0 Å². The van der Waals surface area contributed by atoms with Crippen molar-refractivity contribution < 1.29 is 8.81 Å². The van der Waals surface area contributed by atoms with Gasteiger partial charge in [0.1, 0.15) is 17.7 Å². The Balaban J connectivity index is 1.80. The van der Waals surface area contributed by atoms with Crippen LogP contribution in [0.1, 0.15) is 30.6 Å². The van der Waals surface area contributed by atoms with Crippen LogP contribution < -0.4 is 22.7 Å². The molecule has 0 aliphatic heterocycles. The molecule has 4 aromatic rings. The minimum atomic E-state index is -0.814. The number of oxazole rings is 1. The van der Waals surface area contributed by atoms with Gasteiger partial charge in [0, 0.05) is 24.5 Å². The zero-order chi connectivity index (χ0) is 22.1. The maximum Gasteiger partial charge on any atom is 0.330 e. The van der Waals surface area contributed by atoms with Gasteiger partial charge in [-0.2, -0.15) is 4.39 Å². The average Bonchev–Trinajstić information content (AvgIpc) is 3.28. The van der Waals surface area contributed by atoms with Gasteiger partial charge in [-0.25, -0.2) is 14.8 Å². The zero-order valence-corrected chi connectivity index (χ0v) is 16.9. The summed E-state index contributed by atoms with van der Waals surface area (Å²) >= 11 is 0. The van der Waals surface area contributed by atoms with E-state index in [9.17, 15) is 14.0 Å². The van der Waals surface area contributed by atoms with Crippen molar-refractivity contribution in [3.05, 3.63) is 68.5 Å². The third-order valence-corrected chi connectivity index (χ3v) is 5.02. The van der Waals surface area contributed by atoms with Crippen LogP contribution in [0.4, 0.5) is 15.8 Å². The van der Waals surface area contributed by atoms with Crippen LogP contribution in [0.15, 0.2) is 38.4 Å². The Hall–Kier alpha value is -3.89. The van der Waals surface area contributed by atoms with E-state index in [1.807, 2.05) is 13.0 Å². The van der Waals surface area contributed by atoms with Crippen LogP contribution >= 0.6 is 0 Å². The Labute approximate surface area is 175 Å². The fraction of sp³-hybridized carbons (Fsp3) is 0.300. The van der Waals surface area contributed by atoms with Gasteiger partial charge in [-0.15, -0.1) is 0 Å². The predicted octanol–water partition coefficient (Wildman–Crippen LogP) is 1.42. The zero-order valence-electron chi connectivity index (χ0n) is 16.9. The highest BCUT2D eigenvalue weighted by Gasteiger charge is 2.19. The Morgan fingerprint density at radius 1 is 1.19 bits per heavy atom. The lowest BCUT2D eigenvalue weighted by molar-refractivity contribution is 0.337. The summed E-state index contributed by atoms with van der Waals surface area (Å²) in [6.07, 6.45) is 2.12. The number of H-pyrrole nitrogens is 1. The van der Waals surface area contributed by atoms with Crippen molar-refractivity contribution in [2.24, 2.45) is 0 Å². The molecule has 0 fully saturated rings. The van der Waals surface area contributed by atoms with Gasteiger partial charge in [0.25, 0.3) is 11.6 Å². The Kier molecular flexibility index (Phi) is 5.32. The van der Waals surface area contributed by atoms with Crippen LogP contribution in [0.25, 0.3) is 11.2 Å². The number of nitrogens with one attached hydrogen (secondary N) is 1. The summed E-state index contributed by atoms with van der Waals surface area (Å²) in [5.74, 6) is 0.519. The molecule has 31 heavy (non-hydrogen) atoms. The Morgan fingerprint density at radius 3 is 2.68 bits per heavy atom. The van der Waals surface area contributed by atoms with Crippen molar-refractivity contribution in [3.8, 4) is 0 Å². The monoisotopic (exact) mass is 427 g/mol. The lowest BCUT2D eigenvalue weighted by atomic mass is 10.1. The van der Waals surface area contributed by atoms with Gasteiger partial charge < -0.3 is 20.5 Å². The summed E-state index contributed by atoms with van der Waals surface area (Å²) in [5, 5.41) is 0. The lowest BCUT2D eigenvalue weighted by Gasteiger charge is -2.11. The number of aryl methyl sites for hydroxylation is 2. The normalized spacial score (nSPS) is 11.4. The first kappa shape index (κ1) is 20.4. The van der Waals surface area contributed by atoms with Gasteiger partial charge in [0.05, 0.1) is 6.42 Å². The van der Waals surface area contributed by atoms with E-state index in [4.69, 9.17) is 15.9 Å². The van der Waals surface area contributed by atoms with Gasteiger partial charge in [0.2, 0.25) is 5.89 Å². The summed E-state index contributed by atoms with van der Waals surface area (Å²) < 4.78 is 21.0. The fourth-order valence-corrected chi connectivity index (χ4v) is 3.54. The second kappa shape index (κ2) is 8.09. The van der Waals surface area contributed by atoms with Crippen LogP contribution in [0.2, 0.25) is 0 Å². The van der Waals surface area contributed by atoms with Gasteiger partial charge in [-0.05, 0) is 30.5 Å². The number of aromatic amines is 1. The molecule has 0 spiro atoms. The number of rotatable bonds is 7. The second-order valence-corrected chi connectivity index (χ2v) is 7.21. The molecule has 0 saturated heterocycles. The summed E-state index contributed by atoms with van der Waals surface area (Å²) in [5.41, 5.74) is 13.2. The average molecular weight is 427 g/mol. The molecular formula is C20H22FN7O3. The molecule has 0 atom stereocenters. The first-order chi connectivity index (χ1) is 14.9. The number of anilines is 2. The number of halogens is 1.